The first-order chi connectivity index (χ1) is 7.63. The monoisotopic (exact) mass is 256 g/mol. The van der Waals surface area contributed by atoms with Gasteiger partial charge in [-0.05, 0) is 36.6 Å². The van der Waals surface area contributed by atoms with Crippen LogP contribution in [0.1, 0.15) is 38.2 Å². The van der Waals surface area contributed by atoms with Crippen molar-refractivity contribution in [2.24, 2.45) is 5.73 Å². The molecule has 0 aliphatic carbocycles. The van der Waals surface area contributed by atoms with E-state index in [1.807, 2.05) is 24.3 Å². The van der Waals surface area contributed by atoms with E-state index in [2.05, 4.69) is 19.2 Å². The number of carbonyl (C=O) groups is 1. The van der Waals surface area contributed by atoms with Gasteiger partial charge in [-0.2, -0.15) is 0 Å². The Morgan fingerprint density at radius 2 is 1.88 bits per heavy atom. The predicted octanol–water partition coefficient (Wildman–Crippen LogP) is 2.91. The average molecular weight is 257 g/mol. The molecule has 1 aromatic rings. The molecule has 17 heavy (non-hydrogen) atoms. The lowest BCUT2D eigenvalue weighted by Crippen LogP contribution is -2.13. The van der Waals surface area contributed by atoms with Crippen LogP contribution in [-0.4, -0.2) is 12.5 Å². The van der Waals surface area contributed by atoms with E-state index in [0.717, 1.165) is 12.1 Å². The van der Waals surface area contributed by atoms with Crippen molar-refractivity contribution in [3.63, 3.8) is 0 Å². The first-order valence-electron chi connectivity index (χ1n) is 5.73. The van der Waals surface area contributed by atoms with Gasteiger partial charge < -0.3 is 11.1 Å². The Hall–Kier alpha value is -1.06. The Bertz CT molecular complexity index is 336. The first kappa shape index (κ1) is 15.9. The Kier molecular flexibility index (Phi) is 7.59. The van der Waals surface area contributed by atoms with Crippen molar-refractivity contribution in [3.8, 4) is 0 Å². The van der Waals surface area contributed by atoms with Crippen LogP contribution in [0, 0.1) is 0 Å². The van der Waals surface area contributed by atoms with Crippen molar-refractivity contribution in [2.75, 3.05) is 11.9 Å². The molecule has 3 nitrogen and oxygen atoms in total. The zero-order valence-electron chi connectivity index (χ0n) is 10.4. The molecule has 0 spiro atoms. The normalized spacial score (nSPS) is 9.88. The number of halogens is 1. The quantitative estimate of drug-likeness (QED) is 0.851. The third-order valence-electron chi connectivity index (χ3n) is 2.47. The minimum Gasteiger partial charge on any atom is -0.330 e. The molecule has 0 aromatic heterocycles. The van der Waals surface area contributed by atoms with Gasteiger partial charge in [0.1, 0.15) is 0 Å². The maximum Gasteiger partial charge on any atom is 0.224 e. The molecule has 0 aliphatic heterocycles. The number of hydrogen-bond acceptors (Lipinski definition) is 2. The molecule has 0 atom stereocenters. The Morgan fingerprint density at radius 1 is 1.29 bits per heavy atom. The molecule has 1 aromatic carbocycles. The van der Waals surface area contributed by atoms with Crippen molar-refractivity contribution in [1.29, 1.82) is 0 Å². The Labute approximate surface area is 109 Å². The fraction of sp³-hybridized carbons (Fsp3) is 0.462. The van der Waals surface area contributed by atoms with Crippen LogP contribution in [0.25, 0.3) is 0 Å². The third kappa shape index (κ3) is 5.71. The van der Waals surface area contributed by atoms with E-state index >= 15 is 0 Å². The van der Waals surface area contributed by atoms with Gasteiger partial charge in [0.15, 0.2) is 0 Å². The summed E-state index contributed by atoms with van der Waals surface area (Å²) in [5, 5.41) is 2.85. The van der Waals surface area contributed by atoms with E-state index in [-0.39, 0.29) is 18.3 Å². The highest BCUT2D eigenvalue weighted by molar-refractivity contribution is 5.90. The lowest BCUT2D eigenvalue weighted by molar-refractivity contribution is -0.116. The van der Waals surface area contributed by atoms with Crippen LogP contribution in [0.5, 0.6) is 0 Å². The molecule has 0 saturated carbocycles. The molecule has 1 amide bonds. The summed E-state index contributed by atoms with van der Waals surface area (Å²) in [6, 6.07) is 7.97. The van der Waals surface area contributed by atoms with Crippen LogP contribution in [0.4, 0.5) is 5.69 Å². The molecule has 4 heteroatoms. The highest BCUT2D eigenvalue weighted by atomic mass is 35.5. The largest absolute Gasteiger partial charge is 0.330 e. The average Bonchev–Trinajstić information content (AvgIpc) is 2.27. The number of hydrogen-bond donors (Lipinski definition) is 2. The van der Waals surface area contributed by atoms with Gasteiger partial charge in [-0.25, -0.2) is 0 Å². The van der Waals surface area contributed by atoms with Gasteiger partial charge in [-0.1, -0.05) is 26.0 Å². The summed E-state index contributed by atoms with van der Waals surface area (Å²) in [6.07, 6.45) is 1.22. The van der Waals surface area contributed by atoms with E-state index in [1.54, 1.807) is 0 Å². The first-order valence-corrected chi connectivity index (χ1v) is 5.73. The summed E-state index contributed by atoms with van der Waals surface area (Å²) < 4.78 is 0. The van der Waals surface area contributed by atoms with Crippen molar-refractivity contribution in [3.05, 3.63) is 29.8 Å². The van der Waals surface area contributed by atoms with Crippen LogP contribution < -0.4 is 11.1 Å². The third-order valence-corrected chi connectivity index (χ3v) is 2.47. The van der Waals surface area contributed by atoms with Gasteiger partial charge in [0, 0.05) is 12.1 Å². The lowest BCUT2D eigenvalue weighted by Gasteiger charge is -2.08. The zero-order valence-corrected chi connectivity index (χ0v) is 11.2. The van der Waals surface area contributed by atoms with Crippen LogP contribution in [0.3, 0.4) is 0 Å². The fourth-order valence-corrected chi connectivity index (χ4v) is 1.44. The van der Waals surface area contributed by atoms with Gasteiger partial charge in [-0.15, -0.1) is 12.4 Å². The minimum atomic E-state index is 0. The van der Waals surface area contributed by atoms with Crippen molar-refractivity contribution in [1.82, 2.24) is 0 Å². The van der Waals surface area contributed by atoms with Gasteiger partial charge in [0.2, 0.25) is 5.91 Å². The predicted molar refractivity (Wildman–Crippen MR) is 74.7 cm³/mol. The van der Waals surface area contributed by atoms with Gasteiger partial charge >= 0.3 is 0 Å². The molecule has 1 rings (SSSR count). The van der Waals surface area contributed by atoms with Crippen LogP contribution in [0.15, 0.2) is 24.3 Å². The molecule has 0 bridgehead atoms. The van der Waals surface area contributed by atoms with Crippen LogP contribution in [-0.2, 0) is 4.79 Å². The number of carbonyl (C=O) groups excluding carboxylic acids is 1. The van der Waals surface area contributed by atoms with E-state index in [1.165, 1.54) is 5.56 Å². The topological polar surface area (TPSA) is 55.1 Å². The maximum absolute atomic E-state index is 11.4. The second-order valence-corrected chi connectivity index (χ2v) is 4.22. The number of nitrogens with two attached hydrogens (primary N) is 1. The summed E-state index contributed by atoms with van der Waals surface area (Å²) in [5.74, 6) is 0.546. The van der Waals surface area contributed by atoms with Crippen LogP contribution in [0.2, 0.25) is 0 Å². The maximum atomic E-state index is 11.4. The van der Waals surface area contributed by atoms with Crippen molar-refractivity contribution < 1.29 is 4.79 Å². The number of nitrogens with one attached hydrogen (secondary N) is 1. The lowest BCUT2D eigenvalue weighted by atomic mass is 10.0. The highest BCUT2D eigenvalue weighted by Gasteiger charge is 2.02. The molecule has 96 valence electrons. The molecular formula is C13H21ClN2O. The summed E-state index contributed by atoms with van der Waals surface area (Å²) in [5.41, 5.74) is 7.47. The standard InChI is InChI=1S/C13H20N2O.ClH/c1-10(2)11-5-7-12(8-6-11)15-13(16)4-3-9-14;/h5-8,10H,3-4,9,14H2,1-2H3,(H,15,16);1H. The van der Waals surface area contributed by atoms with Crippen LogP contribution >= 0.6 is 12.4 Å². The molecular weight excluding hydrogens is 236 g/mol. The van der Waals surface area contributed by atoms with Gasteiger partial charge in [-0.3, -0.25) is 4.79 Å². The molecule has 0 saturated heterocycles. The van der Waals surface area contributed by atoms with Crippen molar-refractivity contribution in [2.45, 2.75) is 32.6 Å². The van der Waals surface area contributed by atoms with E-state index < -0.39 is 0 Å². The second-order valence-electron chi connectivity index (χ2n) is 4.22. The molecule has 3 N–H and O–H groups in total. The Morgan fingerprint density at radius 3 is 2.35 bits per heavy atom. The molecule has 0 heterocycles. The van der Waals surface area contributed by atoms with E-state index in [0.29, 0.717) is 18.9 Å². The van der Waals surface area contributed by atoms with E-state index in [4.69, 9.17) is 5.73 Å². The number of benzene rings is 1. The smallest absolute Gasteiger partial charge is 0.224 e. The van der Waals surface area contributed by atoms with E-state index in [9.17, 15) is 4.79 Å². The minimum absolute atomic E-state index is 0. The number of anilines is 1. The second kappa shape index (κ2) is 8.09. The Balaban J connectivity index is 0.00000256. The fourth-order valence-electron chi connectivity index (χ4n) is 1.44. The van der Waals surface area contributed by atoms with Gasteiger partial charge in [0.05, 0.1) is 0 Å². The molecule has 0 unspecified atom stereocenters. The van der Waals surface area contributed by atoms with Crippen molar-refractivity contribution >= 4 is 24.0 Å². The molecule has 0 aliphatic rings. The molecule has 0 fully saturated rings. The summed E-state index contributed by atoms with van der Waals surface area (Å²) in [4.78, 5) is 11.4. The summed E-state index contributed by atoms with van der Waals surface area (Å²) in [6.45, 7) is 4.85. The zero-order chi connectivity index (χ0) is 12.0. The summed E-state index contributed by atoms with van der Waals surface area (Å²) >= 11 is 0. The van der Waals surface area contributed by atoms with Gasteiger partial charge in [0.25, 0.3) is 0 Å². The molecule has 0 radical (unpaired) electrons. The number of amides is 1. The highest BCUT2D eigenvalue weighted by Crippen LogP contribution is 2.17. The summed E-state index contributed by atoms with van der Waals surface area (Å²) in [7, 11) is 0. The SMILES string of the molecule is CC(C)c1ccc(NC(=O)CCCN)cc1.Cl. The number of rotatable bonds is 5.